The van der Waals surface area contributed by atoms with E-state index in [0.29, 0.717) is 23.1 Å². The lowest BCUT2D eigenvalue weighted by Gasteiger charge is -2.30. The van der Waals surface area contributed by atoms with Gasteiger partial charge < -0.3 is 10.1 Å². The second kappa shape index (κ2) is 16.1. The number of ether oxygens (including phenoxy) is 1. The number of nitrogens with one attached hydrogen (secondary N) is 1. The number of benzene rings is 2. The summed E-state index contributed by atoms with van der Waals surface area (Å²) in [5, 5.41) is 2.65. The van der Waals surface area contributed by atoms with Crippen molar-refractivity contribution in [2.24, 2.45) is 0 Å². The lowest BCUT2D eigenvalue weighted by Crippen LogP contribution is -2.40. The van der Waals surface area contributed by atoms with Gasteiger partial charge in [-0.2, -0.15) is 8.42 Å². The van der Waals surface area contributed by atoms with Crippen molar-refractivity contribution in [3.8, 4) is 11.1 Å². The summed E-state index contributed by atoms with van der Waals surface area (Å²) in [6.07, 6.45) is 7.63. The van der Waals surface area contributed by atoms with E-state index in [1.807, 2.05) is 6.08 Å². The minimum Gasteiger partial charge on any atom is -0.466 e. The molecule has 1 amide bonds. The normalized spacial score (nSPS) is 14.8. The molecule has 1 fully saturated rings. The summed E-state index contributed by atoms with van der Waals surface area (Å²) in [7, 11) is -4.02. The van der Waals surface area contributed by atoms with Crippen LogP contribution in [0.5, 0.6) is 0 Å². The minimum absolute atomic E-state index is 0.0495. The molecule has 1 aliphatic carbocycles. The highest BCUT2D eigenvalue weighted by Gasteiger charge is 2.32. The zero-order valence-electron chi connectivity index (χ0n) is 25.8. The van der Waals surface area contributed by atoms with Gasteiger partial charge in [-0.25, -0.2) is 8.78 Å². The molecule has 0 unspecified atom stereocenters. The fourth-order valence-corrected chi connectivity index (χ4v) is 6.14. The number of unbranched alkanes of at least 4 members (excludes halogenated alkanes) is 2. The van der Waals surface area contributed by atoms with Crippen LogP contribution in [0.25, 0.3) is 11.1 Å². The number of allylic oxidation sites excluding steroid dienone is 1. The van der Waals surface area contributed by atoms with Crippen LogP contribution < -0.4 is 5.32 Å². The van der Waals surface area contributed by atoms with E-state index in [1.54, 1.807) is 26.0 Å². The molecule has 0 saturated heterocycles. The molecule has 0 heterocycles. The molecule has 0 aromatic heterocycles. The standard InChI is InChI=1S/C34H43F2NO6S/c1-6-9-10-11-14-24-18-26(35)17-22(4)32(24)25-19-27(23-15-12-16-23)33(36)28(20-25)29(21-31(38)42-8-3)37-34(39)30(13-7-2)43-44(5,40)41/h6-7,17-20,23,29-30H,1-2,8-16,21H2,3-5H3,(H,37,39)/t29-,30+/m0/s1. The number of hydrogen-bond donors (Lipinski definition) is 1. The van der Waals surface area contributed by atoms with Crippen molar-refractivity contribution in [2.75, 3.05) is 12.9 Å². The first-order valence-corrected chi connectivity index (χ1v) is 16.9. The van der Waals surface area contributed by atoms with E-state index in [9.17, 15) is 22.4 Å². The summed E-state index contributed by atoms with van der Waals surface area (Å²) in [4.78, 5) is 26.0. The first-order chi connectivity index (χ1) is 20.9. The average molecular weight is 632 g/mol. The number of esters is 1. The third-order valence-corrected chi connectivity index (χ3v) is 8.36. The molecule has 0 radical (unpaired) electrons. The van der Waals surface area contributed by atoms with Gasteiger partial charge in [0.2, 0.25) is 0 Å². The van der Waals surface area contributed by atoms with Crippen LogP contribution in [-0.2, 0) is 35.0 Å². The number of carbonyl (C=O) groups is 2. The first kappa shape index (κ1) is 35.1. The summed E-state index contributed by atoms with van der Waals surface area (Å²) < 4.78 is 64.9. The quantitative estimate of drug-likeness (QED) is 0.0863. The van der Waals surface area contributed by atoms with Gasteiger partial charge in [0.1, 0.15) is 11.6 Å². The molecule has 10 heteroatoms. The fraction of sp³-hybridized carbons (Fsp3) is 0.471. The molecule has 240 valence electrons. The van der Waals surface area contributed by atoms with E-state index in [-0.39, 0.29) is 30.3 Å². The van der Waals surface area contributed by atoms with Crippen LogP contribution in [0.3, 0.4) is 0 Å². The van der Waals surface area contributed by atoms with E-state index in [4.69, 9.17) is 8.92 Å². The number of amides is 1. The molecule has 0 aliphatic heterocycles. The molecule has 0 bridgehead atoms. The molecule has 3 rings (SSSR count). The predicted octanol–water partition coefficient (Wildman–Crippen LogP) is 7.14. The summed E-state index contributed by atoms with van der Waals surface area (Å²) in [5.74, 6) is -2.48. The van der Waals surface area contributed by atoms with Crippen LogP contribution in [0.2, 0.25) is 0 Å². The molecule has 7 nitrogen and oxygen atoms in total. The Morgan fingerprint density at radius 2 is 1.84 bits per heavy atom. The lowest BCUT2D eigenvalue weighted by atomic mass is 9.77. The van der Waals surface area contributed by atoms with Gasteiger partial charge in [-0.1, -0.05) is 18.6 Å². The van der Waals surface area contributed by atoms with E-state index >= 15 is 4.39 Å². The van der Waals surface area contributed by atoms with Crippen LogP contribution >= 0.6 is 0 Å². The zero-order chi connectivity index (χ0) is 32.4. The SMILES string of the molecule is C=CCCCCc1cc(F)cc(C)c1-c1cc(C2CCC2)c(F)c([C@H](CC(=O)OCC)NC(=O)[C@@H](CC=C)OS(C)(=O)=O)c1. The second-order valence-electron chi connectivity index (χ2n) is 11.3. The van der Waals surface area contributed by atoms with Crippen molar-refractivity contribution in [3.63, 3.8) is 0 Å². The minimum atomic E-state index is -4.02. The summed E-state index contributed by atoms with van der Waals surface area (Å²) in [5.41, 5.74) is 3.41. The largest absolute Gasteiger partial charge is 0.466 e. The van der Waals surface area contributed by atoms with Gasteiger partial charge >= 0.3 is 5.97 Å². The lowest BCUT2D eigenvalue weighted by molar-refractivity contribution is -0.144. The van der Waals surface area contributed by atoms with Gasteiger partial charge in [-0.15, -0.1) is 13.2 Å². The third kappa shape index (κ3) is 9.56. The Morgan fingerprint density at radius 3 is 2.43 bits per heavy atom. The highest BCUT2D eigenvalue weighted by Crippen LogP contribution is 2.43. The Morgan fingerprint density at radius 1 is 1.11 bits per heavy atom. The van der Waals surface area contributed by atoms with Crippen molar-refractivity contribution in [1.82, 2.24) is 5.32 Å². The number of hydrogen-bond acceptors (Lipinski definition) is 6. The highest BCUT2D eigenvalue weighted by atomic mass is 32.2. The highest BCUT2D eigenvalue weighted by molar-refractivity contribution is 7.86. The van der Waals surface area contributed by atoms with E-state index in [1.165, 1.54) is 18.2 Å². The molecule has 1 aliphatic rings. The maximum absolute atomic E-state index is 16.4. The monoisotopic (exact) mass is 631 g/mol. The van der Waals surface area contributed by atoms with Crippen molar-refractivity contribution >= 4 is 22.0 Å². The van der Waals surface area contributed by atoms with E-state index in [2.05, 4.69) is 18.5 Å². The Labute approximate surface area is 259 Å². The number of halogens is 2. The summed E-state index contributed by atoms with van der Waals surface area (Å²) in [6, 6.07) is 5.13. The molecule has 0 spiro atoms. The first-order valence-electron chi connectivity index (χ1n) is 15.1. The van der Waals surface area contributed by atoms with Gasteiger partial charge in [-0.3, -0.25) is 13.8 Å². The van der Waals surface area contributed by atoms with Crippen LogP contribution in [0.1, 0.15) is 92.5 Å². The van der Waals surface area contributed by atoms with Gasteiger partial charge in [0.05, 0.1) is 25.3 Å². The molecule has 2 aromatic carbocycles. The summed E-state index contributed by atoms with van der Waals surface area (Å²) in [6.45, 7) is 10.8. The molecule has 1 saturated carbocycles. The zero-order valence-corrected chi connectivity index (χ0v) is 26.6. The van der Waals surface area contributed by atoms with Gasteiger partial charge in [0, 0.05) is 12.0 Å². The van der Waals surface area contributed by atoms with Crippen LogP contribution in [0.15, 0.2) is 49.6 Å². The molecule has 2 aromatic rings. The number of carbonyl (C=O) groups excluding carboxylic acids is 2. The van der Waals surface area contributed by atoms with Crippen molar-refractivity contribution in [1.29, 1.82) is 0 Å². The fourth-order valence-electron chi connectivity index (χ4n) is 5.55. The Kier molecular flexibility index (Phi) is 12.8. The Bertz CT molecular complexity index is 1470. The third-order valence-electron chi connectivity index (χ3n) is 7.78. The molecule has 2 atom stereocenters. The number of rotatable bonds is 17. The topological polar surface area (TPSA) is 98.8 Å². The van der Waals surface area contributed by atoms with E-state index in [0.717, 1.165) is 55.9 Å². The Balaban J connectivity index is 2.17. The van der Waals surface area contributed by atoms with Crippen LogP contribution in [-0.4, -0.2) is 39.3 Å². The van der Waals surface area contributed by atoms with Gasteiger partial charge in [-0.05, 0) is 110 Å². The molecular weight excluding hydrogens is 588 g/mol. The van der Waals surface area contributed by atoms with Crippen molar-refractivity contribution < 1.29 is 35.7 Å². The summed E-state index contributed by atoms with van der Waals surface area (Å²) >= 11 is 0. The Hall–Kier alpha value is -3.37. The average Bonchev–Trinajstić information content (AvgIpc) is 2.90. The predicted molar refractivity (Wildman–Crippen MR) is 168 cm³/mol. The van der Waals surface area contributed by atoms with Gasteiger partial charge in [0.15, 0.2) is 6.10 Å². The number of aryl methyl sites for hydroxylation is 2. The maximum Gasteiger partial charge on any atom is 0.308 e. The molecule has 1 N–H and O–H groups in total. The molecule has 44 heavy (non-hydrogen) atoms. The van der Waals surface area contributed by atoms with E-state index < -0.39 is 46.4 Å². The maximum atomic E-state index is 16.4. The smallest absolute Gasteiger partial charge is 0.308 e. The van der Waals surface area contributed by atoms with Crippen LogP contribution in [0, 0.1) is 18.6 Å². The second-order valence-corrected chi connectivity index (χ2v) is 12.9. The van der Waals surface area contributed by atoms with Crippen molar-refractivity contribution in [3.05, 3.63) is 83.5 Å². The molecular formula is C34H43F2NO6S. The van der Waals surface area contributed by atoms with Crippen LogP contribution in [0.4, 0.5) is 8.78 Å². The van der Waals surface area contributed by atoms with Crippen molar-refractivity contribution in [2.45, 2.75) is 89.7 Å². The van der Waals surface area contributed by atoms with Gasteiger partial charge in [0.25, 0.3) is 16.0 Å².